The summed E-state index contributed by atoms with van der Waals surface area (Å²) < 4.78 is 30.6. The molecule has 0 spiro atoms. The molecule has 1 amide bonds. The first-order chi connectivity index (χ1) is 25.3. The maximum atomic E-state index is 13.1. The predicted octanol–water partition coefficient (Wildman–Crippen LogP) is 9.75. The third kappa shape index (κ3) is 11.8. The van der Waals surface area contributed by atoms with Crippen LogP contribution in [-0.4, -0.2) is 53.5 Å². The molecule has 0 unspecified atom stereocenters. The minimum absolute atomic E-state index is 0. The Morgan fingerprint density at radius 1 is 0.849 bits per heavy atom. The number of carbonyl (C=O) groups is 1. The summed E-state index contributed by atoms with van der Waals surface area (Å²) in [6.07, 6.45) is 5.80. The van der Waals surface area contributed by atoms with E-state index in [0.717, 1.165) is 48.3 Å². The van der Waals surface area contributed by atoms with Gasteiger partial charge in [0.1, 0.15) is 18.2 Å². The summed E-state index contributed by atoms with van der Waals surface area (Å²) in [6, 6.07) is 29.7. The highest BCUT2D eigenvalue weighted by molar-refractivity contribution is 6.32. The van der Waals surface area contributed by atoms with Gasteiger partial charge in [0, 0.05) is 55.5 Å². The number of ether oxygens (including phenoxy) is 3. The quantitative estimate of drug-likeness (QED) is 0.0827. The molecule has 1 saturated heterocycles. The fourth-order valence-electron chi connectivity index (χ4n) is 5.81. The number of aromatic nitrogens is 1. The second-order valence-electron chi connectivity index (χ2n) is 12.6. The van der Waals surface area contributed by atoms with Crippen molar-refractivity contribution in [1.29, 1.82) is 0 Å². The van der Waals surface area contributed by atoms with Gasteiger partial charge < -0.3 is 19.1 Å². The molecule has 0 atom stereocenters. The van der Waals surface area contributed by atoms with Gasteiger partial charge >= 0.3 is 0 Å². The maximum absolute atomic E-state index is 13.1. The number of amides is 1. The number of piperazine rings is 1. The predicted molar refractivity (Wildman–Crippen MR) is 211 cm³/mol. The molecular formula is C42H41Cl3FN3O4. The SMILES string of the molecule is Cc1cc(C=CC(=O)N2CCN(Cc3ccc(CCOCc4ccc(F)cc4)cc3)CC2)cc(Cl)c1Oc1ccc(OCc2ccccc2Cl)cn1.Cl. The number of carbonyl (C=O) groups excluding carboxylic acids is 1. The van der Waals surface area contributed by atoms with E-state index in [9.17, 15) is 9.18 Å². The number of nitrogens with zero attached hydrogens (tertiary/aromatic N) is 3. The lowest BCUT2D eigenvalue weighted by molar-refractivity contribution is -0.127. The molecule has 53 heavy (non-hydrogen) atoms. The van der Waals surface area contributed by atoms with Crippen LogP contribution in [0.5, 0.6) is 17.4 Å². The zero-order valence-corrected chi connectivity index (χ0v) is 31.7. The smallest absolute Gasteiger partial charge is 0.246 e. The Hall–Kier alpha value is -4.44. The molecule has 0 aliphatic carbocycles. The largest absolute Gasteiger partial charge is 0.487 e. The number of rotatable bonds is 14. The standard InChI is InChI=1S/C42H40Cl2FN3O4.ClH/c1-30-24-34(25-39(44)42(30)52-40-16-15-37(26-46-40)51-29-35-4-2-3-5-38(35)43)12-17-41(49)48-21-19-47(20-22-48)27-32-8-6-31(7-9-32)18-23-50-28-33-10-13-36(45)14-11-33;/h2-17,24-26H,18-23,27-29H2,1H3;1H. The molecular weight excluding hydrogens is 736 g/mol. The number of hydrogen-bond donors (Lipinski definition) is 0. The van der Waals surface area contributed by atoms with Crippen molar-refractivity contribution in [2.45, 2.75) is 33.1 Å². The maximum Gasteiger partial charge on any atom is 0.246 e. The van der Waals surface area contributed by atoms with E-state index in [-0.39, 0.29) is 24.1 Å². The number of hydrogen-bond acceptors (Lipinski definition) is 6. The molecule has 2 heterocycles. The van der Waals surface area contributed by atoms with Crippen molar-refractivity contribution >= 4 is 47.6 Å². The highest BCUT2D eigenvalue weighted by Crippen LogP contribution is 2.34. The van der Waals surface area contributed by atoms with E-state index in [1.165, 1.54) is 23.3 Å². The molecule has 5 aromatic rings. The van der Waals surface area contributed by atoms with Gasteiger partial charge in [-0.25, -0.2) is 9.37 Å². The molecule has 276 valence electrons. The van der Waals surface area contributed by atoms with Gasteiger partial charge in [0.15, 0.2) is 5.75 Å². The summed E-state index contributed by atoms with van der Waals surface area (Å²) in [5.41, 5.74) is 5.92. The van der Waals surface area contributed by atoms with E-state index in [2.05, 4.69) is 34.1 Å². The third-order valence-electron chi connectivity index (χ3n) is 8.77. The second kappa shape index (κ2) is 19.6. The lowest BCUT2D eigenvalue weighted by Crippen LogP contribution is -2.47. The van der Waals surface area contributed by atoms with Gasteiger partial charge in [0.05, 0.1) is 24.4 Å². The van der Waals surface area contributed by atoms with Gasteiger partial charge in [-0.15, -0.1) is 12.4 Å². The normalized spacial score (nSPS) is 13.2. The number of benzene rings is 4. The fourth-order valence-corrected chi connectivity index (χ4v) is 6.31. The van der Waals surface area contributed by atoms with E-state index in [1.807, 2.05) is 42.2 Å². The Kier molecular flexibility index (Phi) is 14.7. The highest BCUT2D eigenvalue weighted by atomic mass is 35.5. The Morgan fingerprint density at radius 3 is 2.26 bits per heavy atom. The minimum atomic E-state index is -0.241. The van der Waals surface area contributed by atoms with E-state index in [4.69, 9.17) is 37.4 Å². The minimum Gasteiger partial charge on any atom is -0.487 e. The molecule has 7 nitrogen and oxygen atoms in total. The first kappa shape index (κ1) is 39.8. The zero-order chi connectivity index (χ0) is 36.3. The molecule has 0 N–H and O–H groups in total. The van der Waals surface area contributed by atoms with Crippen molar-refractivity contribution in [3.8, 4) is 17.4 Å². The molecule has 6 rings (SSSR count). The van der Waals surface area contributed by atoms with Crippen LogP contribution in [0.25, 0.3) is 6.08 Å². The van der Waals surface area contributed by atoms with Crippen LogP contribution < -0.4 is 9.47 Å². The average Bonchev–Trinajstić information content (AvgIpc) is 3.16. The van der Waals surface area contributed by atoms with Crippen molar-refractivity contribution in [2.75, 3.05) is 32.8 Å². The van der Waals surface area contributed by atoms with Crippen LogP contribution in [0.1, 0.15) is 33.4 Å². The average molecular weight is 777 g/mol. The third-order valence-corrected chi connectivity index (χ3v) is 9.42. The first-order valence-corrected chi connectivity index (χ1v) is 17.9. The van der Waals surface area contributed by atoms with Crippen LogP contribution in [0.2, 0.25) is 10.0 Å². The van der Waals surface area contributed by atoms with Gasteiger partial charge in [-0.2, -0.15) is 0 Å². The van der Waals surface area contributed by atoms with Crippen LogP contribution in [0.3, 0.4) is 0 Å². The number of pyridine rings is 1. The number of halogens is 4. The van der Waals surface area contributed by atoms with Crippen molar-refractivity contribution < 1.29 is 23.4 Å². The van der Waals surface area contributed by atoms with Gasteiger partial charge in [-0.1, -0.05) is 77.8 Å². The molecule has 1 aromatic heterocycles. The lowest BCUT2D eigenvalue weighted by atomic mass is 10.1. The molecule has 0 bridgehead atoms. The topological polar surface area (TPSA) is 64.1 Å². The molecule has 1 fully saturated rings. The van der Waals surface area contributed by atoms with Gasteiger partial charge in [0.25, 0.3) is 0 Å². The van der Waals surface area contributed by atoms with E-state index in [0.29, 0.717) is 60.3 Å². The Morgan fingerprint density at radius 2 is 1.57 bits per heavy atom. The lowest BCUT2D eigenvalue weighted by Gasteiger charge is -2.34. The fraction of sp³-hybridized carbons (Fsp3) is 0.238. The van der Waals surface area contributed by atoms with Crippen molar-refractivity contribution in [1.82, 2.24) is 14.8 Å². The summed E-state index contributed by atoms with van der Waals surface area (Å²) in [5.74, 6) is 1.20. The van der Waals surface area contributed by atoms with Crippen LogP contribution in [0, 0.1) is 12.7 Å². The van der Waals surface area contributed by atoms with Crippen LogP contribution in [0.15, 0.2) is 109 Å². The Balaban J connectivity index is 0.00000541. The monoisotopic (exact) mass is 775 g/mol. The molecule has 0 radical (unpaired) electrons. The van der Waals surface area contributed by atoms with Crippen molar-refractivity contribution in [3.05, 3.63) is 159 Å². The van der Waals surface area contributed by atoms with E-state index in [1.54, 1.807) is 48.7 Å². The van der Waals surface area contributed by atoms with Crippen LogP contribution in [0.4, 0.5) is 4.39 Å². The second-order valence-corrected chi connectivity index (χ2v) is 13.5. The Bertz CT molecular complexity index is 1950. The summed E-state index contributed by atoms with van der Waals surface area (Å²) in [7, 11) is 0. The van der Waals surface area contributed by atoms with Gasteiger partial charge in [0.2, 0.25) is 11.8 Å². The van der Waals surface area contributed by atoms with Crippen molar-refractivity contribution in [2.24, 2.45) is 0 Å². The summed E-state index contributed by atoms with van der Waals surface area (Å²) in [4.78, 5) is 21.6. The van der Waals surface area contributed by atoms with Gasteiger partial charge in [-0.3, -0.25) is 9.69 Å². The summed E-state index contributed by atoms with van der Waals surface area (Å²) in [5, 5.41) is 1.07. The summed E-state index contributed by atoms with van der Waals surface area (Å²) >= 11 is 12.8. The summed E-state index contributed by atoms with van der Waals surface area (Å²) in [6.45, 7) is 7.07. The van der Waals surface area contributed by atoms with E-state index < -0.39 is 0 Å². The van der Waals surface area contributed by atoms with Crippen LogP contribution >= 0.6 is 35.6 Å². The molecule has 11 heteroatoms. The molecule has 1 aliphatic rings. The van der Waals surface area contributed by atoms with Gasteiger partial charge in [-0.05, 0) is 83.6 Å². The molecule has 1 aliphatic heterocycles. The molecule has 4 aromatic carbocycles. The first-order valence-electron chi connectivity index (χ1n) is 17.2. The van der Waals surface area contributed by atoms with Crippen molar-refractivity contribution in [3.63, 3.8) is 0 Å². The number of aryl methyl sites for hydroxylation is 1. The van der Waals surface area contributed by atoms with E-state index >= 15 is 0 Å². The molecule has 0 saturated carbocycles. The van der Waals surface area contributed by atoms with Crippen LogP contribution in [-0.2, 0) is 35.7 Å². The Labute approximate surface area is 326 Å². The highest BCUT2D eigenvalue weighted by Gasteiger charge is 2.20. The zero-order valence-electron chi connectivity index (χ0n) is 29.4.